The fourth-order valence-corrected chi connectivity index (χ4v) is 5.87. The minimum absolute atomic E-state index is 0.0438. The van der Waals surface area contributed by atoms with Gasteiger partial charge in [0.2, 0.25) is 5.91 Å². The molecule has 2 aromatic rings. The van der Waals surface area contributed by atoms with Crippen LogP contribution in [0.2, 0.25) is 0 Å². The summed E-state index contributed by atoms with van der Waals surface area (Å²) in [6, 6.07) is 16.1. The lowest BCUT2D eigenvalue weighted by molar-refractivity contribution is -0.138. The SMILES string of the molecule is CC(NC(=O)OCC1c2ccccc2-c2ccccc21)(C(=O)N[C@@H]1CCC[C@H]1CC(=O)O)C1CC1. The van der Waals surface area contributed by atoms with Gasteiger partial charge in [-0.25, -0.2) is 4.79 Å². The molecule has 1 unspecified atom stereocenters. The van der Waals surface area contributed by atoms with Gasteiger partial charge >= 0.3 is 12.1 Å². The van der Waals surface area contributed by atoms with Gasteiger partial charge in [-0.05, 0) is 66.7 Å². The van der Waals surface area contributed by atoms with E-state index in [0.717, 1.165) is 54.4 Å². The Labute approximate surface area is 205 Å². The summed E-state index contributed by atoms with van der Waals surface area (Å²) in [6.07, 6.45) is 3.60. The highest BCUT2D eigenvalue weighted by Crippen LogP contribution is 2.45. The predicted octanol–water partition coefficient (Wildman–Crippen LogP) is 4.45. The third kappa shape index (κ3) is 4.64. The number of amides is 2. The van der Waals surface area contributed by atoms with Gasteiger partial charge in [0.15, 0.2) is 0 Å². The second-order valence-electron chi connectivity index (χ2n) is 10.3. The molecule has 0 saturated heterocycles. The quantitative estimate of drug-likeness (QED) is 0.522. The van der Waals surface area contributed by atoms with E-state index in [1.807, 2.05) is 24.3 Å². The largest absolute Gasteiger partial charge is 0.481 e. The van der Waals surface area contributed by atoms with E-state index in [1.54, 1.807) is 6.92 Å². The standard InChI is InChI=1S/C28H32N2O5/c1-28(18-13-14-18,26(33)29-24-12-6-7-17(24)15-25(31)32)30-27(34)35-16-23-21-10-4-2-8-19(21)20-9-3-5-11-22(20)23/h2-5,8-11,17-18,23-24H,6-7,12-16H2,1H3,(H,29,33)(H,30,34)(H,31,32)/t17-,24+,28?/m0/s1. The molecule has 3 aliphatic rings. The second kappa shape index (κ2) is 9.36. The van der Waals surface area contributed by atoms with Crippen LogP contribution in [0.3, 0.4) is 0 Å². The van der Waals surface area contributed by atoms with Crippen LogP contribution in [-0.4, -0.2) is 41.3 Å². The van der Waals surface area contributed by atoms with Gasteiger partial charge in [0, 0.05) is 12.0 Å². The molecule has 7 heteroatoms. The van der Waals surface area contributed by atoms with Gasteiger partial charge in [0.05, 0.1) is 6.42 Å². The smallest absolute Gasteiger partial charge is 0.408 e. The van der Waals surface area contributed by atoms with E-state index < -0.39 is 17.6 Å². The maximum Gasteiger partial charge on any atom is 0.408 e. The molecule has 0 heterocycles. The molecule has 0 bridgehead atoms. The maximum atomic E-state index is 13.3. The second-order valence-corrected chi connectivity index (χ2v) is 10.3. The monoisotopic (exact) mass is 476 g/mol. The van der Waals surface area contributed by atoms with Crippen molar-refractivity contribution in [3.8, 4) is 11.1 Å². The minimum Gasteiger partial charge on any atom is -0.481 e. The first-order valence-electron chi connectivity index (χ1n) is 12.5. The summed E-state index contributed by atoms with van der Waals surface area (Å²) in [7, 11) is 0. The molecule has 3 aliphatic carbocycles. The van der Waals surface area contributed by atoms with Crippen LogP contribution < -0.4 is 10.6 Å². The van der Waals surface area contributed by atoms with Crippen LogP contribution in [-0.2, 0) is 14.3 Å². The number of carboxylic acids is 1. The lowest BCUT2D eigenvalue weighted by Crippen LogP contribution is -2.60. The van der Waals surface area contributed by atoms with E-state index in [2.05, 4.69) is 34.9 Å². The average molecular weight is 477 g/mol. The number of aliphatic carboxylic acids is 1. The number of carbonyl (C=O) groups excluding carboxylic acids is 2. The molecule has 2 amide bonds. The molecule has 2 aromatic carbocycles. The van der Waals surface area contributed by atoms with Gasteiger partial charge in [-0.1, -0.05) is 55.0 Å². The molecule has 2 saturated carbocycles. The highest BCUT2D eigenvalue weighted by Gasteiger charge is 2.49. The molecule has 0 radical (unpaired) electrons. The zero-order valence-electron chi connectivity index (χ0n) is 20.0. The number of carboxylic acid groups (broad SMARTS) is 1. The third-order valence-corrected chi connectivity index (χ3v) is 7.98. The molecular weight excluding hydrogens is 444 g/mol. The van der Waals surface area contributed by atoms with Crippen molar-refractivity contribution in [1.29, 1.82) is 0 Å². The Kier molecular flexibility index (Phi) is 6.26. The first-order valence-corrected chi connectivity index (χ1v) is 12.5. The van der Waals surface area contributed by atoms with Crippen LogP contribution in [0.15, 0.2) is 48.5 Å². The van der Waals surface area contributed by atoms with E-state index in [9.17, 15) is 19.5 Å². The molecule has 0 spiro atoms. The van der Waals surface area contributed by atoms with Crippen LogP contribution in [0.1, 0.15) is 62.5 Å². The zero-order chi connectivity index (χ0) is 24.6. The molecule has 184 valence electrons. The van der Waals surface area contributed by atoms with Gasteiger partial charge in [0.25, 0.3) is 0 Å². The number of nitrogens with one attached hydrogen (secondary N) is 2. The summed E-state index contributed by atoms with van der Waals surface area (Å²) >= 11 is 0. The van der Waals surface area contributed by atoms with Crippen LogP contribution >= 0.6 is 0 Å². The molecule has 7 nitrogen and oxygen atoms in total. The van der Waals surface area contributed by atoms with Crippen molar-refractivity contribution in [1.82, 2.24) is 10.6 Å². The number of alkyl carbamates (subject to hydrolysis) is 1. The van der Waals surface area contributed by atoms with Crippen LogP contribution in [0.5, 0.6) is 0 Å². The van der Waals surface area contributed by atoms with E-state index in [0.29, 0.717) is 0 Å². The Morgan fingerprint density at radius 2 is 1.60 bits per heavy atom. The lowest BCUT2D eigenvalue weighted by atomic mass is 9.92. The Hall–Kier alpha value is -3.35. The summed E-state index contributed by atoms with van der Waals surface area (Å²) < 4.78 is 5.70. The van der Waals surface area contributed by atoms with Gasteiger partial charge in [-0.2, -0.15) is 0 Å². The van der Waals surface area contributed by atoms with Crippen LogP contribution in [0.25, 0.3) is 11.1 Å². The van der Waals surface area contributed by atoms with Crippen molar-refractivity contribution in [3.05, 3.63) is 59.7 Å². The predicted molar refractivity (Wildman–Crippen MR) is 131 cm³/mol. The van der Waals surface area contributed by atoms with E-state index in [1.165, 1.54) is 0 Å². The Morgan fingerprint density at radius 1 is 0.971 bits per heavy atom. The number of benzene rings is 2. The molecule has 35 heavy (non-hydrogen) atoms. The van der Waals surface area contributed by atoms with E-state index >= 15 is 0 Å². The lowest BCUT2D eigenvalue weighted by Gasteiger charge is -2.32. The number of rotatable bonds is 8. The van der Waals surface area contributed by atoms with Gasteiger partial charge < -0.3 is 20.5 Å². The zero-order valence-corrected chi connectivity index (χ0v) is 20.0. The topological polar surface area (TPSA) is 105 Å². The molecule has 2 fully saturated rings. The van der Waals surface area contributed by atoms with Crippen molar-refractivity contribution < 1.29 is 24.2 Å². The number of hydrogen-bond donors (Lipinski definition) is 3. The maximum absolute atomic E-state index is 13.3. The summed E-state index contributed by atoms with van der Waals surface area (Å²) in [4.78, 5) is 37.5. The van der Waals surface area contributed by atoms with Crippen molar-refractivity contribution in [2.24, 2.45) is 11.8 Å². The third-order valence-electron chi connectivity index (χ3n) is 7.98. The van der Waals surface area contributed by atoms with Gasteiger partial charge in [0.1, 0.15) is 12.1 Å². The van der Waals surface area contributed by atoms with Crippen molar-refractivity contribution in [2.45, 2.75) is 62.9 Å². The highest BCUT2D eigenvalue weighted by molar-refractivity contribution is 5.90. The van der Waals surface area contributed by atoms with Crippen molar-refractivity contribution >= 4 is 18.0 Å². The Bertz CT molecular complexity index is 1100. The Morgan fingerprint density at radius 3 is 2.20 bits per heavy atom. The van der Waals surface area contributed by atoms with Crippen LogP contribution in [0, 0.1) is 11.8 Å². The summed E-state index contributed by atoms with van der Waals surface area (Å²) in [5, 5.41) is 15.1. The highest BCUT2D eigenvalue weighted by atomic mass is 16.5. The normalized spacial score (nSPS) is 22.5. The van der Waals surface area contributed by atoms with Crippen molar-refractivity contribution in [3.63, 3.8) is 0 Å². The number of fused-ring (bicyclic) bond motifs is 3. The van der Waals surface area contributed by atoms with Gasteiger partial charge in [-0.3, -0.25) is 9.59 Å². The first kappa shape index (κ1) is 23.4. The van der Waals surface area contributed by atoms with E-state index in [4.69, 9.17) is 4.74 Å². The molecule has 5 rings (SSSR count). The molecule has 3 atom stereocenters. The molecule has 0 aromatic heterocycles. The number of ether oxygens (including phenoxy) is 1. The number of carbonyl (C=O) groups is 3. The Balaban J connectivity index is 1.24. The first-order chi connectivity index (χ1) is 16.9. The minimum atomic E-state index is -1.08. The fraction of sp³-hybridized carbons (Fsp3) is 0.464. The molecular formula is C28H32N2O5. The number of hydrogen-bond acceptors (Lipinski definition) is 4. The summed E-state index contributed by atoms with van der Waals surface area (Å²) in [5.74, 6) is -1.19. The summed E-state index contributed by atoms with van der Waals surface area (Å²) in [5.41, 5.74) is 3.50. The van der Waals surface area contributed by atoms with Gasteiger partial charge in [-0.15, -0.1) is 0 Å². The molecule has 3 N–H and O–H groups in total. The van der Waals surface area contributed by atoms with E-state index in [-0.39, 0.29) is 42.7 Å². The average Bonchev–Trinajstić information content (AvgIpc) is 3.55. The fourth-order valence-electron chi connectivity index (χ4n) is 5.87. The summed E-state index contributed by atoms with van der Waals surface area (Å²) in [6.45, 7) is 1.94. The van der Waals surface area contributed by atoms with Crippen LogP contribution in [0.4, 0.5) is 4.79 Å². The van der Waals surface area contributed by atoms with Crippen molar-refractivity contribution in [2.75, 3.05) is 6.61 Å². The molecule has 0 aliphatic heterocycles.